The number of ether oxygens (including phenoxy) is 2. The highest BCUT2D eigenvalue weighted by atomic mass is 16.6. The third kappa shape index (κ3) is 2.09. The van der Waals surface area contributed by atoms with Gasteiger partial charge in [0.05, 0.1) is 5.92 Å². The van der Waals surface area contributed by atoms with Crippen molar-refractivity contribution in [3.8, 4) is 0 Å². The Kier molecular flexibility index (Phi) is 3.08. The maximum Gasteiger partial charge on any atom is 0.326 e. The maximum absolute atomic E-state index is 12.2. The van der Waals surface area contributed by atoms with Gasteiger partial charge in [-0.3, -0.25) is 24.1 Å². The van der Waals surface area contributed by atoms with Crippen LogP contribution in [0.3, 0.4) is 0 Å². The van der Waals surface area contributed by atoms with E-state index in [2.05, 4.69) is 6.58 Å². The minimum absolute atomic E-state index is 0.0477. The van der Waals surface area contributed by atoms with E-state index in [4.69, 9.17) is 9.47 Å². The zero-order valence-corrected chi connectivity index (χ0v) is 12.5. The van der Waals surface area contributed by atoms with Gasteiger partial charge in [-0.2, -0.15) is 0 Å². The minimum atomic E-state index is -0.640. The van der Waals surface area contributed by atoms with Gasteiger partial charge in [0.25, 0.3) is 5.91 Å². The van der Waals surface area contributed by atoms with Gasteiger partial charge in [0, 0.05) is 23.8 Å². The Bertz CT molecular complexity index is 640. The second kappa shape index (κ2) is 4.91. The molecular weight excluding hydrogens is 302 g/mol. The van der Waals surface area contributed by atoms with E-state index in [0.717, 1.165) is 11.3 Å². The molecule has 2 aliphatic heterocycles. The van der Waals surface area contributed by atoms with Gasteiger partial charge in [0.2, 0.25) is 5.91 Å². The second-order valence-electron chi connectivity index (χ2n) is 6.75. The summed E-state index contributed by atoms with van der Waals surface area (Å²) in [6, 6.07) is 0. The third-order valence-electron chi connectivity index (χ3n) is 5.46. The van der Waals surface area contributed by atoms with E-state index in [9.17, 15) is 19.2 Å². The first kappa shape index (κ1) is 14.4. The minimum Gasteiger partial charge on any atom is -0.458 e. The lowest BCUT2D eigenvalue weighted by Crippen LogP contribution is -2.46. The summed E-state index contributed by atoms with van der Waals surface area (Å²) < 4.78 is 10.8. The standard InChI is InChI=1S/C16H17NO6/c1-7-2-3-11(18)17(15(7)20)6-12(19)22-13-8-4-9-10(5-8)16(21)23-14(9)13/h8-10,13-14H,1-6H2. The number of nitrogens with zero attached hydrogens (tertiary/aromatic N) is 1. The number of likely N-dealkylation sites (tertiary alicyclic amines) is 1. The number of amides is 2. The molecule has 0 aromatic heterocycles. The number of imide groups is 1. The van der Waals surface area contributed by atoms with Gasteiger partial charge < -0.3 is 9.47 Å². The van der Waals surface area contributed by atoms with Crippen molar-refractivity contribution in [2.24, 2.45) is 17.8 Å². The van der Waals surface area contributed by atoms with Crippen molar-refractivity contribution in [3.63, 3.8) is 0 Å². The second-order valence-corrected chi connectivity index (χ2v) is 6.75. The Balaban J connectivity index is 1.41. The van der Waals surface area contributed by atoms with E-state index in [1.807, 2.05) is 0 Å². The first-order chi connectivity index (χ1) is 11.0. The quantitative estimate of drug-likeness (QED) is 0.419. The van der Waals surface area contributed by atoms with E-state index in [0.29, 0.717) is 18.4 Å². The highest BCUT2D eigenvalue weighted by Crippen LogP contribution is 2.55. The normalized spacial score (nSPS) is 38.3. The molecule has 0 radical (unpaired) electrons. The van der Waals surface area contributed by atoms with Crippen molar-refractivity contribution in [2.45, 2.75) is 37.9 Å². The van der Waals surface area contributed by atoms with Crippen LogP contribution < -0.4 is 0 Å². The van der Waals surface area contributed by atoms with Crippen LogP contribution in [0.1, 0.15) is 25.7 Å². The van der Waals surface area contributed by atoms with Crippen molar-refractivity contribution in [2.75, 3.05) is 6.54 Å². The van der Waals surface area contributed by atoms with Gasteiger partial charge in [-0.25, -0.2) is 0 Å². The summed E-state index contributed by atoms with van der Waals surface area (Å²) in [6.07, 6.45) is 1.21. The molecule has 0 N–H and O–H groups in total. The van der Waals surface area contributed by atoms with Gasteiger partial charge in [-0.1, -0.05) is 6.58 Å². The summed E-state index contributed by atoms with van der Waals surface area (Å²) in [5.41, 5.74) is 0.324. The molecule has 2 amide bonds. The van der Waals surface area contributed by atoms with Crippen molar-refractivity contribution >= 4 is 23.8 Å². The molecule has 5 atom stereocenters. The molecule has 0 aromatic rings. The van der Waals surface area contributed by atoms with E-state index in [1.165, 1.54) is 0 Å². The molecule has 2 bridgehead atoms. The van der Waals surface area contributed by atoms with Crippen LogP contribution in [0.4, 0.5) is 0 Å². The fraction of sp³-hybridized carbons (Fsp3) is 0.625. The number of carbonyl (C=O) groups is 4. The van der Waals surface area contributed by atoms with Crippen molar-refractivity contribution in [1.29, 1.82) is 0 Å². The molecule has 2 saturated carbocycles. The van der Waals surface area contributed by atoms with Crippen LogP contribution in [0.5, 0.6) is 0 Å². The molecule has 2 saturated heterocycles. The highest BCUT2D eigenvalue weighted by molar-refractivity contribution is 6.08. The first-order valence-corrected chi connectivity index (χ1v) is 7.88. The molecule has 23 heavy (non-hydrogen) atoms. The Morgan fingerprint density at radius 2 is 2.04 bits per heavy atom. The number of fused-ring (bicyclic) bond motifs is 1. The van der Waals surface area contributed by atoms with Gasteiger partial charge in [-0.05, 0) is 19.3 Å². The monoisotopic (exact) mass is 319 g/mol. The van der Waals surface area contributed by atoms with Crippen molar-refractivity contribution < 1.29 is 28.7 Å². The lowest BCUT2D eigenvalue weighted by molar-refractivity contribution is -0.166. The predicted molar refractivity (Wildman–Crippen MR) is 74.6 cm³/mol. The Morgan fingerprint density at radius 1 is 1.26 bits per heavy atom. The number of hydrogen-bond acceptors (Lipinski definition) is 6. The van der Waals surface area contributed by atoms with Gasteiger partial charge in [-0.15, -0.1) is 0 Å². The Labute approximate surface area is 132 Å². The number of piperidine rings is 1. The molecular formula is C16H17NO6. The molecule has 2 heterocycles. The average Bonchev–Trinajstić information content (AvgIpc) is 3.12. The fourth-order valence-corrected chi connectivity index (χ4v) is 4.35. The highest BCUT2D eigenvalue weighted by Gasteiger charge is 2.63. The van der Waals surface area contributed by atoms with Gasteiger partial charge in [0.1, 0.15) is 18.8 Å². The third-order valence-corrected chi connectivity index (χ3v) is 5.46. The van der Waals surface area contributed by atoms with Crippen LogP contribution in [-0.2, 0) is 28.7 Å². The molecule has 4 rings (SSSR count). The molecule has 4 aliphatic rings. The van der Waals surface area contributed by atoms with Crippen molar-refractivity contribution in [1.82, 2.24) is 4.90 Å². The van der Waals surface area contributed by atoms with Crippen molar-refractivity contribution in [3.05, 3.63) is 12.2 Å². The number of esters is 2. The average molecular weight is 319 g/mol. The zero-order chi connectivity index (χ0) is 16.3. The zero-order valence-electron chi connectivity index (χ0n) is 12.5. The molecule has 7 heteroatoms. The lowest BCUT2D eigenvalue weighted by Gasteiger charge is -2.28. The Morgan fingerprint density at radius 3 is 2.83 bits per heavy atom. The van der Waals surface area contributed by atoms with E-state index in [1.54, 1.807) is 0 Å². The predicted octanol–water partition coefficient (Wildman–Crippen LogP) is 0.185. The molecule has 122 valence electrons. The molecule has 0 aromatic carbocycles. The van der Waals surface area contributed by atoms with E-state index in [-0.39, 0.29) is 42.2 Å². The summed E-state index contributed by atoms with van der Waals surface area (Å²) in [5, 5.41) is 0. The van der Waals surface area contributed by atoms with E-state index < -0.39 is 24.5 Å². The first-order valence-electron chi connectivity index (χ1n) is 7.88. The molecule has 2 aliphatic carbocycles. The lowest BCUT2D eigenvalue weighted by atomic mass is 9.88. The largest absolute Gasteiger partial charge is 0.458 e. The smallest absolute Gasteiger partial charge is 0.326 e. The number of hydrogen-bond donors (Lipinski definition) is 0. The molecule has 5 unspecified atom stereocenters. The van der Waals surface area contributed by atoms with Crippen LogP contribution in [0.2, 0.25) is 0 Å². The summed E-state index contributed by atoms with van der Waals surface area (Å²) >= 11 is 0. The van der Waals surface area contributed by atoms with Gasteiger partial charge >= 0.3 is 11.9 Å². The van der Waals surface area contributed by atoms with Crippen LogP contribution in [0.15, 0.2) is 12.2 Å². The summed E-state index contributed by atoms with van der Waals surface area (Å²) in [5.74, 6) is -1.51. The molecule has 4 fully saturated rings. The van der Waals surface area contributed by atoms with Crippen LogP contribution in [-0.4, -0.2) is 47.4 Å². The Hall–Kier alpha value is -2.18. The maximum atomic E-state index is 12.2. The van der Waals surface area contributed by atoms with Gasteiger partial charge in [0.15, 0.2) is 0 Å². The topological polar surface area (TPSA) is 90.0 Å². The number of carbonyl (C=O) groups excluding carboxylic acids is 4. The van der Waals surface area contributed by atoms with Crippen LogP contribution in [0.25, 0.3) is 0 Å². The molecule has 7 nitrogen and oxygen atoms in total. The summed E-state index contributed by atoms with van der Waals surface area (Å²) in [7, 11) is 0. The SMILES string of the molecule is C=C1CCC(=O)N(CC(=O)OC2C3CC4C(=O)OC2C4C3)C1=O. The number of rotatable bonds is 3. The van der Waals surface area contributed by atoms with Crippen LogP contribution in [0, 0.1) is 17.8 Å². The summed E-state index contributed by atoms with van der Waals surface area (Å²) in [4.78, 5) is 48.5. The fourth-order valence-electron chi connectivity index (χ4n) is 4.35. The van der Waals surface area contributed by atoms with Crippen LogP contribution >= 0.6 is 0 Å². The van der Waals surface area contributed by atoms with E-state index >= 15 is 0 Å². The molecule has 0 spiro atoms. The summed E-state index contributed by atoms with van der Waals surface area (Å²) in [6.45, 7) is 3.20.